The zero-order valence-electron chi connectivity index (χ0n) is 15.3. The zero-order valence-corrected chi connectivity index (χ0v) is 16.9. The van der Waals surface area contributed by atoms with E-state index in [0.29, 0.717) is 6.04 Å². The zero-order chi connectivity index (χ0) is 18.0. The van der Waals surface area contributed by atoms with Gasteiger partial charge in [-0.2, -0.15) is 4.98 Å². The Morgan fingerprint density at radius 1 is 1.24 bits per heavy atom. The Bertz CT molecular complexity index is 735. The standard InChI is InChI=1S/C18H25BrN6/c1-13-10-14(19)11-21-17(13)25-9-5-6-15(12-25)24(4)18-20-8-7-16(22-18)23(2)3/h7-8,10-11,15H,5-6,9,12H2,1-4H3. The summed E-state index contributed by atoms with van der Waals surface area (Å²) in [6, 6.07) is 4.43. The van der Waals surface area contributed by atoms with Crippen LogP contribution in [0.25, 0.3) is 0 Å². The molecule has 1 saturated heterocycles. The number of likely N-dealkylation sites (N-methyl/N-ethyl adjacent to an activating group) is 1. The van der Waals surface area contributed by atoms with Crippen molar-refractivity contribution < 1.29 is 0 Å². The number of hydrogen-bond donors (Lipinski definition) is 0. The molecule has 0 spiro atoms. The molecule has 25 heavy (non-hydrogen) atoms. The second kappa shape index (κ2) is 7.56. The first-order valence-corrected chi connectivity index (χ1v) is 9.35. The van der Waals surface area contributed by atoms with Crippen molar-refractivity contribution in [1.29, 1.82) is 0 Å². The first-order valence-electron chi connectivity index (χ1n) is 8.56. The van der Waals surface area contributed by atoms with Crippen LogP contribution in [0, 0.1) is 6.92 Å². The van der Waals surface area contributed by atoms with Gasteiger partial charge in [0.2, 0.25) is 5.95 Å². The van der Waals surface area contributed by atoms with Crippen molar-refractivity contribution in [2.45, 2.75) is 25.8 Å². The van der Waals surface area contributed by atoms with Crippen LogP contribution >= 0.6 is 15.9 Å². The van der Waals surface area contributed by atoms with Crippen molar-refractivity contribution in [2.24, 2.45) is 0 Å². The van der Waals surface area contributed by atoms with E-state index in [-0.39, 0.29) is 0 Å². The van der Waals surface area contributed by atoms with Crippen LogP contribution in [0.3, 0.4) is 0 Å². The van der Waals surface area contributed by atoms with E-state index in [1.54, 1.807) is 0 Å². The summed E-state index contributed by atoms with van der Waals surface area (Å²) in [5.74, 6) is 2.78. The molecule has 0 radical (unpaired) electrons. The third kappa shape index (κ3) is 4.03. The summed E-state index contributed by atoms with van der Waals surface area (Å²) in [4.78, 5) is 20.4. The molecule has 2 aromatic heterocycles. The summed E-state index contributed by atoms with van der Waals surface area (Å²) < 4.78 is 1.02. The fourth-order valence-electron chi connectivity index (χ4n) is 3.25. The molecule has 0 amide bonds. The number of nitrogens with zero attached hydrogens (tertiary/aromatic N) is 6. The van der Waals surface area contributed by atoms with Crippen molar-refractivity contribution >= 4 is 33.5 Å². The molecular weight excluding hydrogens is 380 g/mol. The summed E-state index contributed by atoms with van der Waals surface area (Å²) >= 11 is 3.49. The second-order valence-electron chi connectivity index (χ2n) is 6.76. The maximum Gasteiger partial charge on any atom is 0.227 e. The Balaban J connectivity index is 1.77. The fraction of sp³-hybridized carbons (Fsp3) is 0.500. The van der Waals surface area contributed by atoms with E-state index in [1.807, 2.05) is 37.5 Å². The molecule has 0 N–H and O–H groups in total. The Hall–Kier alpha value is -1.89. The average molecular weight is 405 g/mol. The average Bonchev–Trinajstić information content (AvgIpc) is 2.61. The minimum absolute atomic E-state index is 0.371. The molecule has 0 aliphatic carbocycles. The van der Waals surface area contributed by atoms with Crippen LogP contribution in [-0.4, -0.2) is 55.2 Å². The number of pyridine rings is 1. The van der Waals surface area contributed by atoms with Gasteiger partial charge < -0.3 is 14.7 Å². The van der Waals surface area contributed by atoms with Crippen LogP contribution in [0.15, 0.2) is 29.0 Å². The van der Waals surface area contributed by atoms with Crippen LogP contribution in [-0.2, 0) is 0 Å². The van der Waals surface area contributed by atoms with Crippen LogP contribution < -0.4 is 14.7 Å². The number of piperidine rings is 1. The Morgan fingerprint density at radius 2 is 2.04 bits per heavy atom. The molecule has 1 aliphatic heterocycles. The molecule has 0 saturated carbocycles. The van der Waals surface area contributed by atoms with Crippen molar-refractivity contribution in [3.8, 4) is 0 Å². The maximum atomic E-state index is 4.67. The Kier molecular flexibility index (Phi) is 5.42. The highest BCUT2D eigenvalue weighted by atomic mass is 79.9. The molecule has 3 rings (SSSR count). The number of aryl methyl sites for hydroxylation is 1. The van der Waals surface area contributed by atoms with Gasteiger partial charge in [0.1, 0.15) is 11.6 Å². The normalized spacial score (nSPS) is 17.5. The van der Waals surface area contributed by atoms with Gasteiger partial charge in [-0.3, -0.25) is 0 Å². The first-order chi connectivity index (χ1) is 12.0. The van der Waals surface area contributed by atoms with E-state index in [1.165, 1.54) is 5.56 Å². The molecule has 1 atom stereocenters. The van der Waals surface area contributed by atoms with Gasteiger partial charge in [-0.25, -0.2) is 9.97 Å². The van der Waals surface area contributed by atoms with Gasteiger partial charge in [0.25, 0.3) is 0 Å². The van der Waals surface area contributed by atoms with Crippen molar-refractivity contribution in [2.75, 3.05) is 48.9 Å². The summed E-state index contributed by atoms with van der Waals surface area (Å²) in [5, 5.41) is 0. The highest BCUT2D eigenvalue weighted by molar-refractivity contribution is 9.10. The third-order valence-corrected chi connectivity index (χ3v) is 5.10. The molecule has 0 aromatic carbocycles. The van der Waals surface area contributed by atoms with Gasteiger partial charge in [-0.1, -0.05) is 0 Å². The molecule has 1 fully saturated rings. The van der Waals surface area contributed by atoms with E-state index in [2.05, 4.69) is 60.7 Å². The highest BCUT2D eigenvalue weighted by Crippen LogP contribution is 2.26. The number of hydrogen-bond acceptors (Lipinski definition) is 6. The van der Waals surface area contributed by atoms with Crippen LogP contribution in [0.2, 0.25) is 0 Å². The predicted molar refractivity (Wildman–Crippen MR) is 107 cm³/mol. The topological polar surface area (TPSA) is 48.4 Å². The van der Waals surface area contributed by atoms with Crippen molar-refractivity contribution in [1.82, 2.24) is 15.0 Å². The van der Waals surface area contributed by atoms with Gasteiger partial charge in [0.05, 0.1) is 0 Å². The van der Waals surface area contributed by atoms with Crippen molar-refractivity contribution in [3.05, 3.63) is 34.6 Å². The number of anilines is 3. The molecule has 0 bridgehead atoms. The number of rotatable bonds is 4. The molecule has 2 aromatic rings. The summed E-state index contributed by atoms with van der Waals surface area (Å²) in [7, 11) is 6.08. The van der Waals surface area contributed by atoms with Crippen LogP contribution in [0.5, 0.6) is 0 Å². The minimum Gasteiger partial charge on any atom is -0.363 e. The lowest BCUT2D eigenvalue weighted by Crippen LogP contribution is -2.47. The van der Waals surface area contributed by atoms with Crippen LogP contribution in [0.4, 0.5) is 17.6 Å². The lowest BCUT2D eigenvalue weighted by Gasteiger charge is -2.38. The summed E-state index contributed by atoms with van der Waals surface area (Å²) in [6.07, 6.45) is 5.98. The second-order valence-corrected chi connectivity index (χ2v) is 7.67. The van der Waals surface area contributed by atoms with Gasteiger partial charge in [-0.15, -0.1) is 0 Å². The minimum atomic E-state index is 0.371. The molecular formula is C18H25BrN6. The monoisotopic (exact) mass is 404 g/mol. The Morgan fingerprint density at radius 3 is 2.76 bits per heavy atom. The van der Waals surface area contributed by atoms with Crippen molar-refractivity contribution in [3.63, 3.8) is 0 Å². The van der Waals surface area contributed by atoms with Gasteiger partial charge in [-0.05, 0) is 53.4 Å². The van der Waals surface area contributed by atoms with E-state index in [9.17, 15) is 0 Å². The van der Waals surface area contributed by atoms with E-state index >= 15 is 0 Å². The predicted octanol–water partition coefficient (Wildman–Crippen LogP) is 3.11. The molecule has 7 heteroatoms. The van der Waals surface area contributed by atoms with Gasteiger partial charge in [0, 0.05) is 57.1 Å². The fourth-order valence-corrected chi connectivity index (χ4v) is 3.69. The molecule has 134 valence electrons. The van der Waals surface area contributed by atoms with E-state index in [0.717, 1.165) is 48.0 Å². The first kappa shape index (κ1) is 17.9. The molecule has 1 unspecified atom stereocenters. The lowest BCUT2D eigenvalue weighted by atomic mass is 10.0. The van der Waals surface area contributed by atoms with E-state index in [4.69, 9.17) is 0 Å². The molecule has 6 nitrogen and oxygen atoms in total. The summed E-state index contributed by atoms with van der Waals surface area (Å²) in [5.41, 5.74) is 1.20. The molecule has 1 aliphatic rings. The third-order valence-electron chi connectivity index (χ3n) is 4.66. The maximum absolute atomic E-state index is 4.67. The smallest absolute Gasteiger partial charge is 0.227 e. The van der Waals surface area contributed by atoms with E-state index < -0.39 is 0 Å². The summed E-state index contributed by atoms with van der Waals surface area (Å²) in [6.45, 7) is 4.09. The highest BCUT2D eigenvalue weighted by Gasteiger charge is 2.26. The van der Waals surface area contributed by atoms with Gasteiger partial charge >= 0.3 is 0 Å². The molecule has 3 heterocycles. The SMILES string of the molecule is Cc1cc(Br)cnc1N1CCCC(N(C)c2nccc(N(C)C)n2)C1. The largest absolute Gasteiger partial charge is 0.363 e. The number of halogens is 1. The quantitative estimate of drug-likeness (QED) is 0.779. The van der Waals surface area contributed by atoms with Crippen LogP contribution in [0.1, 0.15) is 18.4 Å². The lowest BCUT2D eigenvalue weighted by molar-refractivity contribution is 0.480. The van der Waals surface area contributed by atoms with Gasteiger partial charge in [0.15, 0.2) is 0 Å². The number of aromatic nitrogens is 3. The Labute approximate surface area is 158 Å².